The van der Waals surface area contributed by atoms with Gasteiger partial charge in [-0.15, -0.1) is 11.6 Å². The third-order valence-corrected chi connectivity index (χ3v) is 4.26. The summed E-state index contributed by atoms with van der Waals surface area (Å²) >= 11 is 6.07. The molecule has 0 radical (unpaired) electrons. The Kier molecular flexibility index (Phi) is 5.03. The summed E-state index contributed by atoms with van der Waals surface area (Å²) in [6.45, 7) is 4.22. The van der Waals surface area contributed by atoms with Gasteiger partial charge in [-0.1, -0.05) is 33.1 Å². The summed E-state index contributed by atoms with van der Waals surface area (Å²) < 4.78 is 0. The molecule has 19 heavy (non-hydrogen) atoms. The number of halogens is 1. The van der Waals surface area contributed by atoms with Gasteiger partial charge < -0.3 is 4.90 Å². The summed E-state index contributed by atoms with van der Waals surface area (Å²) in [6.07, 6.45) is 8.52. The molecule has 3 nitrogen and oxygen atoms in total. The van der Waals surface area contributed by atoms with Crippen LogP contribution in [0.1, 0.15) is 63.4 Å². The van der Waals surface area contributed by atoms with Crippen molar-refractivity contribution in [3.05, 3.63) is 17.7 Å². The predicted octanol–water partition coefficient (Wildman–Crippen LogP) is 4.11. The zero-order valence-corrected chi connectivity index (χ0v) is 13.0. The highest BCUT2D eigenvalue weighted by Gasteiger charge is 2.21. The Balaban J connectivity index is 2.22. The van der Waals surface area contributed by atoms with Crippen LogP contribution in [0.2, 0.25) is 0 Å². The van der Waals surface area contributed by atoms with Gasteiger partial charge in [-0.3, -0.25) is 0 Å². The van der Waals surface area contributed by atoms with Gasteiger partial charge in [0.05, 0.1) is 23.5 Å². The quantitative estimate of drug-likeness (QED) is 0.778. The molecule has 0 saturated heterocycles. The number of aromatic nitrogens is 2. The van der Waals surface area contributed by atoms with Crippen LogP contribution in [0.15, 0.2) is 6.20 Å². The molecule has 1 aromatic rings. The van der Waals surface area contributed by atoms with Gasteiger partial charge in [-0.2, -0.15) is 0 Å². The first-order chi connectivity index (χ1) is 9.13. The zero-order valence-electron chi connectivity index (χ0n) is 12.2. The van der Waals surface area contributed by atoms with Crippen molar-refractivity contribution in [2.45, 2.75) is 63.8 Å². The molecule has 0 aliphatic heterocycles. The monoisotopic (exact) mass is 281 g/mol. The molecule has 1 saturated carbocycles. The number of nitrogens with zero attached hydrogens (tertiary/aromatic N) is 3. The average molecular weight is 282 g/mol. The lowest BCUT2D eigenvalue weighted by Gasteiger charge is -2.33. The zero-order chi connectivity index (χ0) is 13.8. The van der Waals surface area contributed by atoms with Gasteiger partial charge in [-0.05, 0) is 12.8 Å². The topological polar surface area (TPSA) is 29.0 Å². The van der Waals surface area contributed by atoms with Crippen molar-refractivity contribution in [3.63, 3.8) is 0 Å². The maximum absolute atomic E-state index is 6.07. The summed E-state index contributed by atoms with van der Waals surface area (Å²) in [5.74, 6) is 1.68. The average Bonchev–Trinajstić information content (AvgIpc) is 2.46. The number of alkyl halides is 1. The lowest BCUT2D eigenvalue weighted by Crippen LogP contribution is -2.34. The van der Waals surface area contributed by atoms with Gasteiger partial charge in [0.2, 0.25) is 0 Å². The molecule has 1 fully saturated rings. The van der Waals surface area contributed by atoms with Crippen molar-refractivity contribution in [1.82, 2.24) is 9.97 Å². The van der Waals surface area contributed by atoms with Crippen molar-refractivity contribution in [2.24, 2.45) is 0 Å². The first-order valence-corrected chi connectivity index (χ1v) is 7.81. The van der Waals surface area contributed by atoms with Crippen molar-refractivity contribution < 1.29 is 0 Å². The molecule has 4 heteroatoms. The van der Waals surface area contributed by atoms with E-state index in [-0.39, 0.29) is 0 Å². The molecule has 0 bridgehead atoms. The van der Waals surface area contributed by atoms with Crippen LogP contribution in [0.25, 0.3) is 0 Å². The largest absolute Gasteiger partial charge is 0.369 e. The second-order valence-electron chi connectivity index (χ2n) is 5.75. The van der Waals surface area contributed by atoms with Crippen molar-refractivity contribution in [1.29, 1.82) is 0 Å². The van der Waals surface area contributed by atoms with Gasteiger partial charge in [0.1, 0.15) is 5.82 Å². The third-order valence-electron chi connectivity index (χ3n) is 4.01. The van der Waals surface area contributed by atoms with E-state index in [1.54, 1.807) is 0 Å². The van der Waals surface area contributed by atoms with Gasteiger partial charge >= 0.3 is 0 Å². The minimum absolute atomic E-state index is 0.344. The summed E-state index contributed by atoms with van der Waals surface area (Å²) in [5, 5.41) is 0. The number of hydrogen-bond donors (Lipinski definition) is 0. The highest BCUT2D eigenvalue weighted by atomic mass is 35.5. The molecule has 0 unspecified atom stereocenters. The first-order valence-electron chi connectivity index (χ1n) is 7.28. The van der Waals surface area contributed by atoms with Gasteiger partial charge in [-0.25, -0.2) is 9.97 Å². The summed E-state index contributed by atoms with van der Waals surface area (Å²) in [5.41, 5.74) is 2.07. The lowest BCUT2D eigenvalue weighted by atomic mass is 9.94. The van der Waals surface area contributed by atoms with E-state index in [4.69, 9.17) is 11.6 Å². The molecular formula is C15H24ClN3. The van der Waals surface area contributed by atoms with Crippen LogP contribution in [0.4, 0.5) is 5.69 Å². The van der Waals surface area contributed by atoms with Gasteiger partial charge in [0.25, 0.3) is 0 Å². The van der Waals surface area contributed by atoms with Crippen LogP contribution in [0.5, 0.6) is 0 Å². The van der Waals surface area contributed by atoms with Gasteiger partial charge in [0.15, 0.2) is 0 Å². The smallest absolute Gasteiger partial charge is 0.131 e. The van der Waals surface area contributed by atoms with Crippen LogP contribution < -0.4 is 4.90 Å². The standard InChI is InChI=1S/C15H24ClN3/c1-11(2)15-17-10-14(13(9-16)18-15)19(3)12-7-5-4-6-8-12/h10-12H,4-9H2,1-3H3. The molecule has 1 aliphatic carbocycles. The van der Waals surface area contributed by atoms with E-state index in [2.05, 4.69) is 35.8 Å². The van der Waals surface area contributed by atoms with Crippen LogP contribution >= 0.6 is 11.6 Å². The van der Waals surface area contributed by atoms with Crippen LogP contribution in [0.3, 0.4) is 0 Å². The minimum Gasteiger partial charge on any atom is -0.369 e. The fourth-order valence-corrected chi connectivity index (χ4v) is 2.96. The second kappa shape index (κ2) is 6.56. The van der Waals surface area contributed by atoms with E-state index in [1.807, 2.05) is 6.20 Å². The fraction of sp³-hybridized carbons (Fsp3) is 0.733. The van der Waals surface area contributed by atoms with E-state index in [0.29, 0.717) is 17.8 Å². The number of anilines is 1. The van der Waals surface area contributed by atoms with E-state index in [1.165, 1.54) is 32.1 Å². The van der Waals surface area contributed by atoms with Crippen molar-refractivity contribution in [2.75, 3.05) is 11.9 Å². The second-order valence-corrected chi connectivity index (χ2v) is 6.02. The summed E-state index contributed by atoms with van der Waals surface area (Å²) in [6, 6.07) is 0.615. The molecule has 1 heterocycles. The highest BCUT2D eigenvalue weighted by molar-refractivity contribution is 6.17. The normalized spacial score (nSPS) is 16.9. The Morgan fingerprint density at radius 3 is 2.58 bits per heavy atom. The van der Waals surface area contributed by atoms with Crippen LogP contribution in [-0.4, -0.2) is 23.1 Å². The first kappa shape index (κ1) is 14.6. The molecule has 2 rings (SSSR count). The Labute approximate surface area is 121 Å². The third kappa shape index (κ3) is 3.38. The SMILES string of the molecule is CC(C)c1ncc(N(C)C2CCCCC2)c(CCl)n1. The maximum Gasteiger partial charge on any atom is 0.131 e. The molecule has 0 atom stereocenters. The number of rotatable bonds is 4. The fourth-order valence-electron chi connectivity index (χ4n) is 2.76. The molecule has 1 aromatic heterocycles. The van der Waals surface area contributed by atoms with E-state index in [9.17, 15) is 0 Å². The van der Waals surface area contributed by atoms with E-state index in [0.717, 1.165) is 17.2 Å². The maximum atomic E-state index is 6.07. The van der Waals surface area contributed by atoms with E-state index >= 15 is 0 Å². The molecule has 106 valence electrons. The highest BCUT2D eigenvalue weighted by Crippen LogP contribution is 2.28. The Bertz CT molecular complexity index is 414. The predicted molar refractivity (Wildman–Crippen MR) is 81.0 cm³/mol. The molecule has 1 aliphatic rings. The Morgan fingerprint density at radius 1 is 1.32 bits per heavy atom. The molecular weight excluding hydrogens is 258 g/mol. The lowest BCUT2D eigenvalue weighted by molar-refractivity contribution is 0.426. The minimum atomic E-state index is 0.344. The number of hydrogen-bond acceptors (Lipinski definition) is 3. The van der Waals surface area contributed by atoms with Crippen molar-refractivity contribution >= 4 is 17.3 Å². The molecule has 0 aromatic carbocycles. The van der Waals surface area contributed by atoms with Crippen molar-refractivity contribution in [3.8, 4) is 0 Å². The molecule has 0 amide bonds. The Morgan fingerprint density at radius 2 is 2.00 bits per heavy atom. The molecule has 0 N–H and O–H groups in total. The summed E-state index contributed by atoms with van der Waals surface area (Å²) in [7, 11) is 2.15. The van der Waals surface area contributed by atoms with E-state index < -0.39 is 0 Å². The van der Waals surface area contributed by atoms with Crippen LogP contribution in [0, 0.1) is 0 Å². The molecule has 0 spiro atoms. The summed E-state index contributed by atoms with van der Waals surface area (Å²) in [4.78, 5) is 11.4. The van der Waals surface area contributed by atoms with Gasteiger partial charge in [0, 0.05) is 19.0 Å². The Hall–Kier alpha value is -0.830. The van der Waals surface area contributed by atoms with Crippen LogP contribution in [-0.2, 0) is 5.88 Å².